The first-order valence-electron chi connectivity index (χ1n) is 36.2. The van der Waals surface area contributed by atoms with Gasteiger partial charge in [0.05, 0.1) is 85.3 Å². The topological polar surface area (TPSA) is 450 Å². The molecule has 27 nitrogen and oxygen atoms in total. The molecule has 4 aliphatic heterocycles. The fourth-order valence-corrected chi connectivity index (χ4v) is 16.1. The highest BCUT2D eigenvalue weighted by molar-refractivity contribution is 7.86. The van der Waals surface area contributed by atoms with E-state index in [1.807, 2.05) is 13.8 Å². The molecule has 0 aromatic heterocycles. The van der Waals surface area contributed by atoms with Gasteiger partial charge in [0, 0.05) is 65.9 Å². The number of methoxy groups -OCH3 is 1. The number of aliphatic hydroxyl groups excluding tert-OH is 11. The summed E-state index contributed by atoms with van der Waals surface area (Å²) >= 11 is 0. The number of allylic oxidation sites excluding steroid dienone is 2. The van der Waals surface area contributed by atoms with E-state index >= 15 is 0 Å². The van der Waals surface area contributed by atoms with Crippen molar-refractivity contribution in [1.29, 1.82) is 0 Å². The van der Waals surface area contributed by atoms with Crippen molar-refractivity contribution in [3.8, 4) is 0 Å². The third-order valence-electron chi connectivity index (χ3n) is 21.9. The van der Waals surface area contributed by atoms with Crippen molar-refractivity contribution >= 4 is 39.4 Å². The summed E-state index contributed by atoms with van der Waals surface area (Å²) < 4.78 is 77.6. The Kier molecular flexibility index (Phi) is 32.2. The van der Waals surface area contributed by atoms with Gasteiger partial charge in [0.2, 0.25) is 5.78 Å². The van der Waals surface area contributed by atoms with Gasteiger partial charge in [0.1, 0.15) is 41.9 Å². The third kappa shape index (κ3) is 22.5. The summed E-state index contributed by atoms with van der Waals surface area (Å²) in [5.41, 5.74) is 0.867. The zero-order chi connectivity index (χ0) is 75.4. The zero-order valence-corrected chi connectivity index (χ0v) is 61.3. The molecule has 0 unspecified atom stereocenters. The van der Waals surface area contributed by atoms with E-state index in [-0.39, 0.29) is 86.2 Å². The first-order chi connectivity index (χ1) is 47.3. The van der Waals surface area contributed by atoms with E-state index in [0.717, 1.165) is 6.08 Å². The highest BCUT2D eigenvalue weighted by Gasteiger charge is 2.59. The number of rotatable bonds is 16. The normalized spacial score (nSPS) is 38.0. The first kappa shape index (κ1) is 85.8. The Hall–Kier alpha value is -4.12. The standard InChI is InChI=1S/C73H116O27S/c1-13-50(65(86)44-24-25-51-52(28-44)55(80)27-38(6)61(51)82)72(89)97-57-34-60(95-43(11)68(57)94-12)96-56(14-2)39(7)63(84)40(8)64(85)41(9)66-42(10)67-69(99-67)53(78)20-16-19-45(74)29-47(76)30-48(77)31-49-33-58(101(91,92)93)70(87)73(90,100-49)71(88)62(83)37(5)22-21-35(3)17-15-18-46(75)32-54(79)36(4)23-26-59(81)98-66/h23-28,35-37,39-43,45-50,53-54,56-58,60,62-70,74-79,83-87,90H,13-22,29-34H2,1-12H3,(H,91,92,93)/t35-,36+,37-,39+,40-,41+,42-,43-,45+,46-,47+,48-,49-,50-,53-,54-,56+,57-,58+,60+,62+,63+,64+,65-,66-,67+,68-,69+,70-,73-/m1/s1. The molecule has 2 bridgehead atoms. The number of hydrogen-bond donors (Lipinski definition) is 13. The Morgan fingerprint density at radius 1 is 0.723 bits per heavy atom. The van der Waals surface area contributed by atoms with Crippen molar-refractivity contribution in [1.82, 2.24) is 0 Å². The van der Waals surface area contributed by atoms with Crippen LogP contribution in [0.25, 0.3) is 0 Å². The van der Waals surface area contributed by atoms with Crippen LogP contribution in [0.4, 0.5) is 0 Å². The number of Topliss-reactive ketones (excluding diaryl/α,β-unsaturated/α-hetero) is 2. The second-order valence-electron chi connectivity index (χ2n) is 29.8. The lowest BCUT2D eigenvalue weighted by atomic mass is 9.77. The van der Waals surface area contributed by atoms with E-state index in [9.17, 15) is 98.2 Å². The van der Waals surface area contributed by atoms with Crippen molar-refractivity contribution in [3.63, 3.8) is 0 Å². The summed E-state index contributed by atoms with van der Waals surface area (Å²) in [6.45, 7) is 18.7. The summed E-state index contributed by atoms with van der Waals surface area (Å²) in [7, 11) is -3.72. The van der Waals surface area contributed by atoms with E-state index < -0.39 is 228 Å². The van der Waals surface area contributed by atoms with E-state index in [1.165, 1.54) is 44.4 Å². The molecule has 1 aromatic rings. The molecule has 0 saturated carbocycles. The van der Waals surface area contributed by atoms with Crippen molar-refractivity contribution in [2.75, 3.05) is 7.11 Å². The number of cyclic esters (lactones) is 1. The number of ketones is 3. The van der Waals surface area contributed by atoms with E-state index in [2.05, 4.69) is 0 Å². The molecule has 30 atom stereocenters. The molecule has 101 heavy (non-hydrogen) atoms. The summed E-state index contributed by atoms with van der Waals surface area (Å²) in [6.07, 6.45) is -19.2. The largest absolute Gasteiger partial charge is 0.459 e. The average molecular weight is 1460 g/mol. The van der Waals surface area contributed by atoms with Gasteiger partial charge < -0.3 is 94.4 Å². The molecule has 4 heterocycles. The minimum atomic E-state index is -5.16. The molecule has 28 heteroatoms. The maximum atomic E-state index is 14.0. The van der Waals surface area contributed by atoms with Crippen molar-refractivity contribution < 1.29 is 131 Å². The Morgan fingerprint density at radius 2 is 1.36 bits per heavy atom. The van der Waals surface area contributed by atoms with Crippen LogP contribution in [-0.4, -0.2) is 238 Å². The smallest absolute Gasteiger partial charge is 0.330 e. The van der Waals surface area contributed by atoms with Crippen molar-refractivity contribution in [2.45, 2.75) is 312 Å². The van der Waals surface area contributed by atoms with Gasteiger partial charge >= 0.3 is 11.9 Å². The van der Waals surface area contributed by atoms with Crippen LogP contribution in [-0.2, 0) is 57.7 Å². The number of aliphatic hydroxyl groups is 12. The summed E-state index contributed by atoms with van der Waals surface area (Å²) in [5.74, 6) is -12.9. The van der Waals surface area contributed by atoms with Gasteiger partial charge in [-0.3, -0.25) is 23.7 Å². The summed E-state index contributed by atoms with van der Waals surface area (Å²) in [4.78, 5) is 67.4. The van der Waals surface area contributed by atoms with Gasteiger partial charge in [0.15, 0.2) is 17.9 Å². The lowest BCUT2D eigenvalue weighted by molar-refractivity contribution is -0.287. The minimum Gasteiger partial charge on any atom is -0.459 e. The summed E-state index contributed by atoms with van der Waals surface area (Å²) in [6, 6.07) is 4.39. The van der Waals surface area contributed by atoms with Crippen LogP contribution < -0.4 is 0 Å². The number of ether oxygens (including phenoxy) is 7. The van der Waals surface area contributed by atoms with Gasteiger partial charge in [-0.15, -0.1) is 0 Å². The van der Waals surface area contributed by atoms with Gasteiger partial charge in [-0.2, -0.15) is 8.42 Å². The number of fused-ring (bicyclic) bond motifs is 4. The van der Waals surface area contributed by atoms with Crippen LogP contribution in [0.5, 0.6) is 0 Å². The van der Waals surface area contributed by atoms with Gasteiger partial charge in [-0.1, -0.05) is 93.7 Å². The molecule has 13 N–H and O–H groups in total. The van der Waals surface area contributed by atoms with Crippen LogP contribution in [0.2, 0.25) is 0 Å². The van der Waals surface area contributed by atoms with E-state index in [0.29, 0.717) is 31.3 Å². The van der Waals surface area contributed by atoms with Gasteiger partial charge in [-0.25, -0.2) is 4.79 Å². The minimum absolute atomic E-state index is 0.0128. The highest BCUT2D eigenvalue weighted by Crippen LogP contribution is 2.42. The van der Waals surface area contributed by atoms with Crippen LogP contribution in [0.15, 0.2) is 42.0 Å². The molecule has 1 aliphatic carbocycles. The number of hydrogen-bond acceptors (Lipinski definition) is 26. The van der Waals surface area contributed by atoms with Gasteiger partial charge in [-0.05, 0) is 127 Å². The molecule has 6 rings (SSSR count). The predicted octanol–water partition coefficient (Wildman–Crippen LogP) is 4.22. The number of carbonyl (C=O) groups excluding carboxylic acids is 5. The molecule has 3 saturated heterocycles. The maximum absolute atomic E-state index is 14.0. The molecule has 0 spiro atoms. The quantitative estimate of drug-likeness (QED) is 0.0626. The molecule has 3 fully saturated rings. The Morgan fingerprint density at radius 3 is 1.99 bits per heavy atom. The monoisotopic (exact) mass is 1460 g/mol. The molecule has 0 amide bonds. The lowest BCUT2D eigenvalue weighted by Gasteiger charge is -2.44. The second kappa shape index (κ2) is 37.9. The fourth-order valence-electron chi connectivity index (χ4n) is 15.1. The van der Waals surface area contributed by atoms with Crippen LogP contribution in [0, 0.1) is 47.3 Å². The molecule has 1 aromatic carbocycles. The molecular formula is C73H116O27S. The predicted molar refractivity (Wildman–Crippen MR) is 364 cm³/mol. The molecule has 0 radical (unpaired) electrons. The lowest BCUT2D eigenvalue weighted by Crippen LogP contribution is -2.66. The number of carbonyl (C=O) groups is 5. The summed E-state index contributed by atoms with van der Waals surface area (Å²) in [5, 5.41) is 134. The third-order valence-corrected chi connectivity index (χ3v) is 23.1. The Labute approximate surface area is 593 Å². The zero-order valence-electron chi connectivity index (χ0n) is 60.5. The van der Waals surface area contributed by atoms with E-state index in [4.69, 9.17) is 33.2 Å². The second-order valence-corrected chi connectivity index (χ2v) is 31.5. The number of epoxide rings is 1. The number of benzene rings is 1. The van der Waals surface area contributed by atoms with Crippen molar-refractivity contribution in [2.24, 2.45) is 47.3 Å². The highest BCUT2D eigenvalue weighted by atomic mass is 32.2. The van der Waals surface area contributed by atoms with Crippen LogP contribution >= 0.6 is 0 Å². The SMILES string of the molecule is CC[C@H](O[C@H]1C[C@@H](OC(=O)[C@H](CC)[C@H](O)c2ccc3c(c2)C(=O)C=C(C)C3=O)[C@H](OC)[C@@H](C)O1)[C@H](C)[C@H](O)[C@@H](C)[C@H](O)[C@H](C)[C@H]1OC(=O)C=C[C@H](C)[C@H](O)C[C@H](O)CCC[C@@H](C)CC[C@@H](C)[C@H](O)C(=O)[C@]2(O)O[C@H](C[C@H](O)C[C@@H](O)C[C@@H](O)CCC[C@@H](O)[C@@H]3O[C@H]3[C@@H]1C)C[C@H](S(=O)(=O)O)[C@H]2O. The molecule has 576 valence electrons. The van der Waals surface area contributed by atoms with Gasteiger partial charge in [0.25, 0.3) is 15.9 Å². The Balaban J connectivity index is 1.13. The molecular weight excluding hydrogens is 1340 g/mol. The van der Waals surface area contributed by atoms with Crippen LogP contribution in [0.3, 0.4) is 0 Å². The molecule has 5 aliphatic rings. The fraction of sp³-hybridized carbons (Fsp3) is 0.795. The van der Waals surface area contributed by atoms with Crippen LogP contribution in [0.1, 0.15) is 211 Å². The van der Waals surface area contributed by atoms with Crippen molar-refractivity contribution in [3.05, 3.63) is 58.7 Å². The maximum Gasteiger partial charge on any atom is 0.330 e. The number of esters is 2. The average Bonchev–Trinajstić information content (AvgIpc) is 1.71. The Bertz CT molecular complexity index is 3050. The first-order valence-corrected chi connectivity index (χ1v) is 37.7. The van der Waals surface area contributed by atoms with E-state index in [1.54, 1.807) is 55.4 Å².